The van der Waals surface area contributed by atoms with E-state index in [1.807, 2.05) is 52.0 Å². The van der Waals surface area contributed by atoms with Crippen LogP contribution < -0.4 is 10.1 Å². The van der Waals surface area contributed by atoms with Crippen LogP contribution in [0.4, 0.5) is 10.5 Å². The van der Waals surface area contributed by atoms with Gasteiger partial charge in [-0.25, -0.2) is 14.8 Å². The summed E-state index contributed by atoms with van der Waals surface area (Å²) in [7, 11) is 3.03. The molecule has 0 spiro atoms. The van der Waals surface area contributed by atoms with Gasteiger partial charge in [-0.05, 0) is 50.6 Å². The SMILES string of the molecule is CC.COC(=O)C[C@H](C)N(C=O)C(=O)NC(=Nc1ccc(Oc2ncc(C)s2)cc1)N(C)Cc1ccc(C)cc1. The Hall–Kier alpha value is -4.25. The second-order valence-electron chi connectivity index (χ2n) is 8.68. The lowest BCUT2D eigenvalue weighted by Gasteiger charge is -2.26. The molecule has 0 unspecified atom stereocenters. The van der Waals surface area contributed by atoms with E-state index in [9.17, 15) is 14.4 Å². The molecule has 0 saturated carbocycles. The first-order chi connectivity index (χ1) is 19.2. The molecule has 1 heterocycles. The molecule has 11 heteroatoms. The van der Waals surface area contributed by atoms with Crippen LogP contribution in [0.5, 0.6) is 10.9 Å². The Balaban J connectivity index is 0.00000274. The van der Waals surface area contributed by atoms with Crippen molar-refractivity contribution >= 4 is 41.4 Å². The maximum atomic E-state index is 13.0. The van der Waals surface area contributed by atoms with Gasteiger partial charge < -0.3 is 14.4 Å². The number of esters is 1. The summed E-state index contributed by atoms with van der Waals surface area (Å²) in [6.07, 6.45) is 1.99. The first-order valence-corrected chi connectivity index (χ1v) is 13.7. The van der Waals surface area contributed by atoms with Crippen molar-refractivity contribution in [3.05, 3.63) is 70.7 Å². The Morgan fingerprint density at radius 2 is 1.75 bits per heavy atom. The molecule has 0 aliphatic rings. The molecule has 214 valence electrons. The van der Waals surface area contributed by atoms with Crippen molar-refractivity contribution in [1.82, 2.24) is 20.1 Å². The number of carbonyl (C=O) groups is 3. The number of carbonyl (C=O) groups excluding carboxylic acids is 3. The van der Waals surface area contributed by atoms with E-state index in [0.29, 0.717) is 29.6 Å². The van der Waals surface area contributed by atoms with Crippen LogP contribution in [-0.2, 0) is 20.9 Å². The maximum Gasteiger partial charge on any atom is 0.330 e. The molecule has 0 aliphatic heterocycles. The first kappa shape index (κ1) is 32.0. The minimum absolute atomic E-state index is 0.131. The fraction of sp³-hybridized carbons (Fsp3) is 0.345. The third-order valence-corrected chi connectivity index (χ3v) is 6.30. The van der Waals surface area contributed by atoms with E-state index in [2.05, 4.69) is 20.0 Å². The molecular formula is C29H37N5O5S. The van der Waals surface area contributed by atoms with Crippen molar-refractivity contribution in [3.8, 4) is 10.9 Å². The Morgan fingerprint density at radius 3 is 2.30 bits per heavy atom. The van der Waals surface area contributed by atoms with Gasteiger partial charge in [0, 0.05) is 30.7 Å². The average Bonchev–Trinajstić information content (AvgIpc) is 3.36. The predicted molar refractivity (Wildman–Crippen MR) is 157 cm³/mol. The van der Waals surface area contributed by atoms with E-state index in [-0.39, 0.29) is 12.4 Å². The van der Waals surface area contributed by atoms with Gasteiger partial charge in [-0.15, -0.1) is 0 Å². The van der Waals surface area contributed by atoms with E-state index < -0.39 is 18.0 Å². The second-order valence-corrected chi connectivity index (χ2v) is 9.88. The van der Waals surface area contributed by atoms with Gasteiger partial charge in [0.2, 0.25) is 12.4 Å². The zero-order valence-electron chi connectivity index (χ0n) is 24.0. The maximum absolute atomic E-state index is 13.0. The molecule has 3 rings (SSSR count). The van der Waals surface area contributed by atoms with Crippen molar-refractivity contribution in [1.29, 1.82) is 0 Å². The number of amides is 3. The monoisotopic (exact) mass is 567 g/mol. The molecule has 0 fully saturated rings. The summed E-state index contributed by atoms with van der Waals surface area (Å²) in [6.45, 7) is 9.99. The van der Waals surface area contributed by atoms with E-state index in [1.54, 1.807) is 49.3 Å². The number of imide groups is 1. The number of benzene rings is 2. The topological polar surface area (TPSA) is 113 Å². The quantitative estimate of drug-likeness (QED) is 0.150. The predicted octanol–water partition coefficient (Wildman–Crippen LogP) is 5.82. The third-order valence-electron chi connectivity index (χ3n) is 5.51. The van der Waals surface area contributed by atoms with E-state index in [4.69, 9.17) is 4.74 Å². The molecule has 3 amide bonds. The van der Waals surface area contributed by atoms with Crippen LogP contribution in [0.15, 0.2) is 59.7 Å². The molecule has 0 saturated heterocycles. The molecule has 2 aromatic carbocycles. The summed E-state index contributed by atoms with van der Waals surface area (Å²) in [5.74, 6) is 0.287. The van der Waals surface area contributed by atoms with Crippen LogP contribution in [0.3, 0.4) is 0 Å². The minimum atomic E-state index is -0.718. The lowest BCUT2D eigenvalue weighted by Crippen LogP contribution is -2.50. The van der Waals surface area contributed by atoms with Gasteiger partial charge in [0.15, 0.2) is 0 Å². The molecule has 40 heavy (non-hydrogen) atoms. The Bertz CT molecular complexity index is 1270. The number of nitrogens with zero attached hydrogens (tertiary/aromatic N) is 4. The summed E-state index contributed by atoms with van der Waals surface area (Å²) in [6, 6.07) is 13.6. The lowest BCUT2D eigenvalue weighted by atomic mass is 10.1. The summed E-state index contributed by atoms with van der Waals surface area (Å²) in [5, 5.41) is 3.26. The number of urea groups is 1. The number of rotatable bonds is 9. The van der Waals surface area contributed by atoms with Crippen LogP contribution >= 0.6 is 11.3 Å². The summed E-state index contributed by atoms with van der Waals surface area (Å²) in [5.41, 5.74) is 2.70. The highest BCUT2D eigenvalue weighted by atomic mass is 32.1. The fourth-order valence-corrected chi connectivity index (χ4v) is 4.00. The van der Waals surface area contributed by atoms with Crippen molar-refractivity contribution in [2.75, 3.05) is 14.2 Å². The number of ether oxygens (including phenoxy) is 2. The summed E-state index contributed by atoms with van der Waals surface area (Å²) in [4.78, 5) is 49.0. The molecule has 0 radical (unpaired) electrons. The highest BCUT2D eigenvalue weighted by Gasteiger charge is 2.24. The average molecular weight is 568 g/mol. The number of aromatic nitrogens is 1. The first-order valence-electron chi connectivity index (χ1n) is 12.9. The fourth-order valence-electron chi connectivity index (χ4n) is 3.38. The van der Waals surface area contributed by atoms with Crippen molar-refractivity contribution in [2.45, 2.75) is 53.6 Å². The van der Waals surface area contributed by atoms with E-state index in [1.165, 1.54) is 18.4 Å². The number of aliphatic imine (C=N–C) groups is 1. The zero-order valence-corrected chi connectivity index (χ0v) is 24.8. The molecule has 1 aromatic heterocycles. The van der Waals surface area contributed by atoms with Gasteiger partial charge in [0.25, 0.3) is 5.19 Å². The van der Waals surface area contributed by atoms with Crippen LogP contribution in [-0.4, -0.2) is 59.4 Å². The Kier molecular flexibility index (Phi) is 12.8. The van der Waals surface area contributed by atoms with Gasteiger partial charge in [0.1, 0.15) is 5.75 Å². The smallest absolute Gasteiger partial charge is 0.330 e. The lowest BCUT2D eigenvalue weighted by molar-refractivity contribution is -0.141. The Morgan fingerprint density at radius 1 is 1.10 bits per heavy atom. The molecular weight excluding hydrogens is 530 g/mol. The van der Waals surface area contributed by atoms with Gasteiger partial charge in [-0.3, -0.25) is 19.8 Å². The second kappa shape index (κ2) is 16.0. The van der Waals surface area contributed by atoms with Crippen LogP contribution in [0.1, 0.15) is 43.2 Å². The molecule has 1 atom stereocenters. The number of aryl methyl sites for hydroxylation is 2. The number of nitrogens with one attached hydrogen (secondary N) is 1. The van der Waals surface area contributed by atoms with Crippen molar-refractivity contribution < 1.29 is 23.9 Å². The zero-order chi connectivity index (χ0) is 29.7. The van der Waals surface area contributed by atoms with Gasteiger partial charge in [-0.1, -0.05) is 55.0 Å². The minimum Gasteiger partial charge on any atom is -0.469 e. The van der Waals surface area contributed by atoms with Crippen molar-refractivity contribution in [3.63, 3.8) is 0 Å². The largest absolute Gasteiger partial charge is 0.469 e. The summed E-state index contributed by atoms with van der Waals surface area (Å²) >= 11 is 1.44. The number of hydrogen-bond donors (Lipinski definition) is 1. The standard InChI is InChI=1S/C27H31N5O5S.C2H6/c1-18-6-8-21(9-7-18)16-31(4)25(30-26(35)32(17-33)19(2)14-24(34)36-5)29-22-10-12-23(13-11-22)37-27-28-15-20(3)38-27;1-2/h6-13,15,17,19H,14,16H2,1-5H3,(H,29,30,35);1-2H3/t19-;/m0./s1. The van der Waals surface area contributed by atoms with Crippen LogP contribution in [0.25, 0.3) is 0 Å². The highest BCUT2D eigenvalue weighted by molar-refractivity contribution is 7.13. The number of guanidine groups is 1. The van der Waals surface area contributed by atoms with E-state index in [0.717, 1.165) is 20.9 Å². The van der Waals surface area contributed by atoms with E-state index >= 15 is 0 Å². The summed E-state index contributed by atoms with van der Waals surface area (Å²) < 4.78 is 10.4. The highest BCUT2D eigenvalue weighted by Crippen LogP contribution is 2.27. The van der Waals surface area contributed by atoms with Gasteiger partial charge >= 0.3 is 12.0 Å². The van der Waals surface area contributed by atoms with Gasteiger partial charge in [-0.2, -0.15) is 0 Å². The number of hydrogen-bond acceptors (Lipinski definition) is 8. The third kappa shape index (κ3) is 9.81. The molecule has 0 aliphatic carbocycles. The number of methoxy groups -OCH3 is 1. The van der Waals surface area contributed by atoms with Crippen LogP contribution in [0.2, 0.25) is 0 Å². The van der Waals surface area contributed by atoms with Gasteiger partial charge in [0.05, 0.1) is 19.2 Å². The number of thiazole rings is 1. The molecule has 0 bridgehead atoms. The normalized spacial score (nSPS) is 11.4. The molecule has 3 aromatic rings. The van der Waals surface area contributed by atoms with Crippen LogP contribution in [0, 0.1) is 13.8 Å². The molecule has 10 nitrogen and oxygen atoms in total. The Labute approximate surface area is 239 Å². The molecule has 1 N–H and O–H groups in total. The van der Waals surface area contributed by atoms with Crippen molar-refractivity contribution in [2.24, 2.45) is 4.99 Å².